The van der Waals surface area contributed by atoms with E-state index in [1.165, 1.54) is 12.1 Å². The van der Waals surface area contributed by atoms with Crippen LogP contribution in [-0.2, 0) is 19.3 Å². The molecule has 9 heteroatoms. The van der Waals surface area contributed by atoms with E-state index >= 15 is 0 Å². The number of ether oxygens (including phenoxy) is 1. The highest BCUT2D eigenvalue weighted by atomic mass is 35.5. The zero-order valence-corrected chi connectivity index (χ0v) is 19.1. The van der Waals surface area contributed by atoms with Gasteiger partial charge in [0.25, 0.3) is 0 Å². The third-order valence-electron chi connectivity index (χ3n) is 7.17. The van der Waals surface area contributed by atoms with Gasteiger partial charge in [0.15, 0.2) is 0 Å². The summed E-state index contributed by atoms with van der Waals surface area (Å²) in [7, 11) is 0. The highest BCUT2D eigenvalue weighted by molar-refractivity contribution is 6.33. The summed E-state index contributed by atoms with van der Waals surface area (Å²) in [4.78, 5) is 49.7. The lowest BCUT2D eigenvalue weighted by Crippen LogP contribution is -2.50. The van der Waals surface area contributed by atoms with Gasteiger partial charge in [-0.3, -0.25) is 24.5 Å². The summed E-state index contributed by atoms with van der Waals surface area (Å²) >= 11 is 7.37. The number of anilines is 1. The average Bonchev–Trinajstić information content (AvgIpc) is 3.11. The van der Waals surface area contributed by atoms with Crippen molar-refractivity contribution in [2.75, 3.05) is 4.90 Å². The van der Waals surface area contributed by atoms with E-state index in [2.05, 4.69) is 0 Å². The Morgan fingerprint density at radius 3 is 2.17 bits per heavy atom. The van der Waals surface area contributed by atoms with Gasteiger partial charge in [0.2, 0.25) is 17.6 Å². The first kappa shape index (κ1) is 21.5. The minimum atomic E-state index is -1.25. The summed E-state index contributed by atoms with van der Waals surface area (Å²) in [6.07, 6.45) is 0. The maximum atomic E-state index is 13.9. The van der Waals surface area contributed by atoms with E-state index in [9.17, 15) is 24.5 Å². The van der Waals surface area contributed by atoms with Crippen molar-refractivity contribution < 1.29 is 24.0 Å². The molecule has 1 saturated heterocycles. The number of rotatable bonds is 3. The maximum Gasteiger partial charge on any atom is 0.313 e. The highest BCUT2D eigenvalue weighted by Crippen LogP contribution is 2.65. The molecular formula is C26H17ClN2O6. The summed E-state index contributed by atoms with van der Waals surface area (Å²) < 4.78 is 4.93. The number of carbonyl (C=O) groups is 3. The SMILES string of the molecule is CC(=O)Oc1ccc(N2C(=O)[C@H]3C4c5ccccc5C(Cl)(c5ccccc54)[C@H]3C2=O)cc1[N+](=O)[O-]. The Morgan fingerprint density at radius 1 is 1.00 bits per heavy atom. The Bertz CT molecular complexity index is 1440. The van der Waals surface area contributed by atoms with Gasteiger partial charge in [-0.15, -0.1) is 11.6 Å². The fourth-order valence-corrected chi connectivity index (χ4v) is 6.54. The Hall–Kier alpha value is -4.04. The Kier molecular flexibility index (Phi) is 4.44. The van der Waals surface area contributed by atoms with Crippen LogP contribution in [0.4, 0.5) is 11.4 Å². The fraction of sp³-hybridized carbons (Fsp3) is 0.192. The molecule has 0 unspecified atom stereocenters. The van der Waals surface area contributed by atoms with Crippen molar-refractivity contribution in [1.82, 2.24) is 0 Å². The summed E-state index contributed by atoms with van der Waals surface area (Å²) in [6.45, 7) is 1.13. The van der Waals surface area contributed by atoms with Crippen molar-refractivity contribution in [2.24, 2.45) is 11.8 Å². The van der Waals surface area contributed by atoms with Gasteiger partial charge in [-0.2, -0.15) is 0 Å². The van der Waals surface area contributed by atoms with Gasteiger partial charge in [-0.05, 0) is 34.4 Å². The Labute approximate surface area is 204 Å². The molecule has 35 heavy (non-hydrogen) atoms. The molecule has 0 spiro atoms. The molecular weight excluding hydrogens is 472 g/mol. The summed E-state index contributed by atoms with van der Waals surface area (Å²) in [5.41, 5.74) is 2.91. The molecule has 1 aliphatic heterocycles. The van der Waals surface area contributed by atoms with Crippen LogP contribution in [0, 0.1) is 22.0 Å². The molecule has 0 saturated carbocycles. The van der Waals surface area contributed by atoms with Crippen molar-refractivity contribution in [3.05, 3.63) is 99.1 Å². The molecule has 3 aromatic rings. The second kappa shape index (κ2) is 7.23. The van der Waals surface area contributed by atoms with Crippen molar-refractivity contribution in [3.63, 3.8) is 0 Å². The lowest BCUT2D eigenvalue weighted by atomic mass is 9.54. The van der Waals surface area contributed by atoms with Gasteiger partial charge in [0.1, 0.15) is 4.87 Å². The molecule has 1 heterocycles. The number of nitro benzene ring substituents is 1. The first-order valence-corrected chi connectivity index (χ1v) is 11.3. The number of halogens is 1. The third kappa shape index (κ3) is 2.71. The minimum Gasteiger partial charge on any atom is -0.419 e. The largest absolute Gasteiger partial charge is 0.419 e. The lowest BCUT2D eigenvalue weighted by molar-refractivity contribution is -0.385. The van der Waals surface area contributed by atoms with E-state index in [4.69, 9.17) is 16.3 Å². The number of carbonyl (C=O) groups excluding carboxylic acids is 3. The molecule has 2 atom stereocenters. The topological polar surface area (TPSA) is 107 Å². The highest BCUT2D eigenvalue weighted by Gasteiger charge is 2.68. The number of hydrogen-bond acceptors (Lipinski definition) is 6. The van der Waals surface area contributed by atoms with Gasteiger partial charge in [0.05, 0.1) is 22.4 Å². The van der Waals surface area contributed by atoms with Crippen LogP contribution in [-0.4, -0.2) is 22.7 Å². The number of benzene rings is 3. The van der Waals surface area contributed by atoms with Crippen LogP contribution in [0.1, 0.15) is 35.1 Å². The molecule has 7 rings (SSSR count). The van der Waals surface area contributed by atoms with E-state index in [1.54, 1.807) is 0 Å². The Balaban J connectivity index is 1.52. The normalized spacial score (nSPS) is 25.7. The molecule has 4 aliphatic rings. The average molecular weight is 489 g/mol. The third-order valence-corrected chi connectivity index (χ3v) is 7.81. The molecule has 174 valence electrons. The summed E-state index contributed by atoms with van der Waals surface area (Å²) in [5, 5.41) is 11.7. The van der Waals surface area contributed by atoms with Gasteiger partial charge in [-0.1, -0.05) is 48.5 Å². The molecule has 0 aromatic heterocycles. The molecule has 3 aliphatic carbocycles. The molecule has 2 bridgehead atoms. The molecule has 1 fully saturated rings. The maximum absolute atomic E-state index is 13.9. The number of nitro groups is 1. The summed E-state index contributed by atoms with van der Waals surface area (Å²) in [5.74, 6) is -3.97. The zero-order valence-electron chi connectivity index (χ0n) is 18.3. The monoisotopic (exact) mass is 488 g/mol. The zero-order chi connectivity index (χ0) is 24.6. The number of nitrogens with zero attached hydrogens (tertiary/aromatic N) is 2. The van der Waals surface area contributed by atoms with Gasteiger partial charge >= 0.3 is 11.7 Å². The van der Waals surface area contributed by atoms with E-state index in [0.29, 0.717) is 0 Å². The predicted octanol–water partition coefficient (Wildman–Crippen LogP) is 4.27. The van der Waals surface area contributed by atoms with E-state index in [0.717, 1.165) is 40.1 Å². The smallest absolute Gasteiger partial charge is 0.313 e. The predicted molar refractivity (Wildman–Crippen MR) is 125 cm³/mol. The van der Waals surface area contributed by atoms with Crippen molar-refractivity contribution >= 4 is 40.8 Å². The quantitative estimate of drug-likeness (QED) is 0.136. The fourth-order valence-electron chi connectivity index (χ4n) is 5.96. The molecule has 2 amide bonds. The molecule has 8 nitrogen and oxygen atoms in total. The number of amides is 2. The minimum absolute atomic E-state index is 0.0322. The van der Waals surface area contributed by atoms with E-state index < -0.39 is 45.1 Å². The van der Waals surface area contributed by atoms with Crippen LogP contribution in [0.2, 0.25) is 0 Å². The number of alkyl halides is 1. The van der Waals surface area contributed by atoms with Crippen LogP contribution in [0.3, 0.4) is 0 Å². The summed E-state index contributed by atoms with van der Waals surface area (Å²) in [6, 6.07) is 18.8. The van der Waals surface area contributed by atoms with Gasteiger partial charge in [0, 0.05) is 18.9 Å². The second-order valence-corrected chi connectivity index (χ2v) is 9.48. The van der Waals surface area contributed by atoms with Crippen molar-refractivity contribution in [3.8, 4) is 5.75 Å². The molecule has 0 N–H and O–H groups in total. The molecule has 0 radical (unpaired) electrons. The van der Waals surface area contributed by atoms with Gasteiger partial charge < -0.3 is 4.74 Å². The van der Waals surface area contributed by atoms with Crippen molar-refractivity contribution in [1.29, 1.82) is 0 Å². The molecule has 3 aromatic carbocycles. The van der Waals surface area contributed by atoms with Crippen LogP contribution in [0.15, 0.2) is 66.7 Å². The first-order chi connectivity index (χ1) is 16.7. The van der Waals surface area contributed by atoms with Crippen molar-refractivity contribution in [2.45, 2.75) is 17.7 Å². The first-order valence-electron chi connectivity index (χ1n) is 11.0. The van der Waals surface area contributed by atoms with Crippen LogP contribution >= 0.6 is 11.6 Å². The lowest BCUT2D eigenvalue weighted by Gasteiger charge is -2.50. The standard InChI is InChI=1S/C26H17ClN2O6/c1-13(30)35-20-11-10-14(12-19(20)29(33)34)28-24(31)22-21-15-6-2-4-8-17(15)26(27,23(22)25(28)32)18-9-5-3-7-16(18)21/h2-12,21-23H,1H3/t21?,22-,23+,26?/m0/s1. The van der Waals surface area contributed by atoms with Crippen LogP contribution < -0.4 is 9.64 Å². The van der Waals surface area contributed by atoms with Crippen LogP contribution in [0.5, 0.6) is 5.75 Å². The number of hydrogen-bond donors (Lipinski definition) is 0. The number of esters is 1. The van der Waals surface area contributed by atoms with E-state index in [1.807, 2.05) is 48.5 Å². The Morgan fingerprint density at radius 2 is 1.60 bits per heavy atom. The van der Waals surface area contributed by atoms with Gasteiger partial charge in [-0.25, -0.2) is 4.90 Å². The van der Waals surface area contributed by atoms with Crippen LogP contribution in [0.25, 0.3) is 0 Å². The van der Waals surface area contributed by atoms with E-state index in [-0.39, 0.29) is 17.4 Å². The second-order valence-electron chi connectivity index (χ2n) is 8.88. The number of imide groups is 1.